The average Bonchev–Trinajstić information content (AvgIpc) is 2.68. The maximum atomic E-state index is 12.0. The number of thioether (sulfide) groups is 1. The molecular weight excluding hydrogens is 374 g/mol. The van der Waals surface area contributed by atoms with E-state index >= 15 is 0 Å². The second kappa shape index (κ2) is 8.98. The van der Waals surface area contributed by atoms with E-state index in [9.17, 15) is 9.90 Å². The van der Waals surface area contributed by atoms with Crippen LogP contribution in [0.5, 0.6) is 0 Å². The molecule has 0 fully saturated rings. The summed E-state index contributed by atoms with van der Waals surface area (Å²) >= 11 is 3.21. The van der Waals surface area contributed by atoms with E-state index < -0.39 is 5.97 Å². The van der Waals surface area contributed by atoms with E-state index in [0.29, 0.717) is 16.0 Å². The molecule has 5 heteroatoms. The minimum atomic E-state index is -0.928. The Morgan fingerprint density at radius 2 is 1.81 bits per heavy atom. The van der Waals surface area contributed by atoms with Gasteiger partial charge in [0.1, 0.15) is 0 Å². The zero-order valence-electron chi connectivity index (χ0n) is 14.9. The number of rotatable bonds is 7. The number of carboxylic acid groups (broad SMARTS) is 1. The lowest BCUT2D eigenvalue weighted by atomic mass is 10.0. The van der Waals surface area contributed by atoms with E-state index in [-0.39, 0.29) is 0 Å². The highest BCUT2D eigenvalue weighted by atomic mass is 32.2. The third-order valence-electron chi connectivity index (χ3n) is 4.14. The number of unbranched alkanes of at least 4 members (excludes halogenated alkanes) is 1. The summed E-state index contributed by atoms with van der Waals surface area (Å²) in [4.78, 5) is 14.7. The Bertz CT molecular complexity index is 1010. The number of nitrogens with zero attached hydrogens (tertiary/aromatic N) is 1. The first-order valence-electron chi connectivity index (χ1n) is 8.73. The lowest BCUT2D eigenvalue weighted by Crippen LogP contribution is -2.00. The summed E-state index contributed by atoms with van der Waals surface area (Å²) in [6, 6.07) is 19.1. The van der Waals surface area contributed by atoms with Crippen molar-refractivity contribution in [3.05, 3.63) is 65.7 Å². The van der Waals surface area contributed by atoms with Gasteiger partial charge in [0.15, 0.2) is 0 Å². The lowest BCUT2D eigenvalue weighted by molar-refractivity contribution is 0.0695. The Morgan fingerprint density at radius 3 is 2.48 bits per heavy atom. The third-order valence-corrected chi connectivity index (χ3v) is 6.29. The summed E-state index contributed by atoms with van der Waals surface area (Å²) in [6.07, 6.45) is 2.34. The van der Waals surface area contributed by atoms with Gasteiger partial charge in [-0.1, -0.05) is 37.2 Å². The molecule has 0 saturated heterocycles. The molecule has 0 unspecified atom stereocenters. The molecule has 0 saturated carbocycles. The van der Waals surface area contributed by atoms with Gasteiger partial charge in [0, 0.05) is 14.7 Å². The van der Waals surface area contributed by atoms with E-state index in [1.54, 1.807) is 23.9 Å². The lowest BCUT2D eigenvalue weighted by Gasteiger charge is -2.11. The molecule has 1 N–H and O–H groups in total. The number of hydrogen-bond acceptors (Lipinski definition) is 4. The first kappa shape index (κ1) is 19.3. The summed E-state index contributed by atoms with van der Waals surface area (Å²) in [6.45, 7) is 2.17. The number of fused-ring (bicyclic) bond motifs is 1. The smallest absolute Gasteiger partial charge is 0.337 e. The highest BCUT2D eigenvalue weighted by Gasteiger charge is 2.16. The van der Waals surface area contributed by atoms with Crippen LogP contribution >= 0.6 is 23.5 Å². The van der Waals surface area contributed by atoms with Crippen LogP contribution < -0.4 is 0 Å². The van der Waals surface area contributed by atoms with Crippen LogP contribution in [0.15, 0.2) is 69.3 Å². The molecule has 3 aromatic carbocycles. The molecule has 0 radical (unpaired) electrons. The fraction of sp³-hybridized carbons (Fsp3) is 0.182. The highest BCUT2D eigenvalue weighted by molar-refractivity contribution is 7.99. The zero-order chi connectivity index (χ0) is 19.2. The number of hydrogen-bond donors (Lipinski definition) is 1. The molecule has 0 aliphatic rings. The number of aromatic carboxylic acids is 1. The van der Waals surface area contributed by atoms with Crippen LogP contribution in [-0.2, 0) is 0 Å². The minimum absolute atomic E-state index is 0.326. The molecule has 3 nitrogen and oxygen atoms in total. The molecule has 27 heavy (non-hydrogen) atoms. The molecule has 3 aromatic rings. The molecular formula is C22H19NO2S2. The molecule has 0 aromatic heterocycles. The van der Waals surface area contributed by atoms with E-state index in [0.717, 1.165) is 21.4 Å². The maximum Gasteiger partial charge on any atom is 0.337 e. The Hall–Kier alpha value is -2.42. The largest absolute Gasteiger partial charge is 0.478 e. The van der Waals surface area contributed by atoms with Crippen molar-refractivity contribution < 1.29 is 9.90 Å². The third kappa shape index (κ3) is 4.65. The van der Waals surface area contributed by atoms with Crippen LogP contribution in [-0.4, -0.2) is 16.8 Å². The van der Waals surface area contributed by atoms with Crippen molar-refractivity contribution >= 4 is 40.3 Å². The normalized spacial score (nSPS) is 10.7. The van der Waals surface area contributed by atoms with E-state index in [1.807, 2.05) is 36.4 Å². The van der Waals surface area contributed by atoms with Crippen LogP contribution in [0.1, 0.15) is 35.7 Å². The number of carbonyl (C=O) groups is 1. The Balaban J connectivity index is 1.95. The first-order chi connectivity index (χ1) is 13.1. The van der Waals surface area contributed by atoms with Crippen molar-refractivity contribution in [1.29, 1.82) is 5.26 Å². The van der Waals surface area contributed by atoms with Crippen molar-refractivity contribution in [2.24, 2.45) is 0 Å². The van der Waals surface area contributed by atoms with Gasteiger partial charge in [0.25, 0.3) is 0 Å². The van der Waals surface area contributed by atoms with Crippen LogP contribution in [0.3, 0.4) is 0 Å². The SMILES string of the molecule is CCCCSc1ccc2c(C(=O)O)c(Sc3ccc(C#N)cc3)ccc2c1. The van der Waals surface area contributed by atoms with Gasteiger partial charge in [-0.15, -0.1) is 11.8 Å². The number of benzene rings is 3. The van der Waals surface area contributed by atoms with Gasteiger partial charge < -0.3 is 5.11 Å². The van der Waals surface area contributed by atoms with Gasteiger partial charge in [-0.05, 0) is 65.4 Å². The fourth-order valence-corrected chi connectivity index (χ4v) is 4.75. The summed E-state index contributed by atoms with van der Waals surface area (Å²) in [5.74, 6) is 0.142. The summed E-state index contributed by atoms with van der Waals surface area (Å²) in [5, 5.41) is 20.4. The van der Waals surface area contributed by atoms with Crippen molar-refractivity contribution in [3.63, 3.8) is 0 Å². The van der Waals surface area contributed by atoms with Crippen molar-refractivity contribution in [2.75, 3.05) is 5.75 Å². The predicted molar refractivity (Wildman–Crippen MR) is 112 cm³/mol. The molecule has 0 bridgehead atoms. The molecule has 0 amide bonds. The highest BCUT2D eigenvalue weighted by Crippen LogP contribution is 2.36. The van der Waals surface area contributed by atoms with Gasteiger partial charge in [-0.25, -0.2) is 4.79 Å². The average molecular weight is 394 g/mol. The van der Waals surface area contributed by atoms with Crippen LogP contribution in [0.4, 0.5) is 0 Å². The van der Waals surface area contributed by atoms with Crippen LogP contribution in [0, 0.1) is 11.3 Å². The van der Waals surface area contributed by atoms with Crippen molar-refractivity contribution in [2.45, 2.75) is 34.5 Å². The monoisotopic (exact) mass is 393 g/mol. The molecule has 0 spiro atoms. The molecule has 3 rings (SSSR count). The molecule has 0 atom stereocenters. The fourth-order valence-electron chi connectivity index (χ4n) is 2.74. The van der Waals surface area contributed by atoms with Gasteiger partial charge in [-0.3, -0.25) is 0 Å². The molecule has 136 valence electrons. The number of carboxylic acids is 1. The molecule has 0 heterocycles. The maximum absolute atomic E-state index is 12.0. The summed E-state index contributed by atoms with van der Waals surface area (Å²) in [5.41, 5.74) is 0.913. The zero-order valence-corrected chi connectivity index (χ0v) is 16.6. The van der Waals surface area contributed by atoms with E-state index in [1.165, 1.54) is 29.5 Å². The first-order valence-corrected chi connectivity index (χ1v) is 10.5. The minimum Gasteiger partial charge on any atom is -0.478 e. The van der Waals surface area contributed by atoms with Gasteiger partial charge in [0.05, 0.1) is 17.2 Å². The van der Waals surface area contributed by atoms with Crippen molar-refractivity contribution in [1.82, 2.24) is 0 Å². The molecule has 0 aliphatic heterocycles. The second-order valence-corrected chi connectivity index (χ2v) is 8.35. The number of nitriles is 1. The summed E-state index contributed by atoms with van der Waals surface area (Å²) < 4.78 is 0. The van der Waals surface area contributed by atoms with Crippen LogP contribution in [0.25, 0.3) is 10.8 Å². The van der Waals surface area contributed by atoms with Gasteiger partial charge >= 0.3 is 5.97 Å². The summed E-state index contributed by atoms with van der Waals surface area (Å²) in [7, 11) is 0. The van der Waals surface area contributed by atoms with Crippen LogP contribution in [0.2, 0.25) is 0 Å². The van der Waals surface area contributed by atoms with E-state index in [2.05, 4.69) is 19.1 Å². The standard InChI is InChI=1S/C22H19NO2S2/c1-2-3-12-26-18-9-10-19-16(13-18)6-11-20(21(19)22(24)25)27-17-7-4-15(14-23)5-8-17/h4-11,13H,2-3,12H2,1H3,(H,24,25). The Labute approximate surface area is 167 Å². The van der Waals surface area contributed by atoms with Gasteiger partial charge in [-0.2, -0.15) is 5.26 Å². The van der Waals surface area contributed by atoms with Crippen molar-refractivity contribution in [3.8, 4) is 6.07 Å². The van der Waals surface area contributed by atoms with E-state index in [4.69, 9.17) is 5.26 Å². The topological polar surface area (TPSA) is 61.1 Å². The van der Waals surface area contributed by atoms with Gasteiger partial charge in [0.2, 0.25) is 0 Å². The Kier molecular flexibility index (Phi) is 6.44. The second-order valence-electron chi connectivity index (χ2n) is 6.07. The predicted octanol–water partition coefficient (Wildman–Crippen LogP) is 6.45. The quantitative estimate of drug-likeness (QED) is 0.369. The molecule has 0 aliphatic carbocycles. The Morgan fingerprint density at radius 1 is 1.07 bits per heavy atom.